The first-order valence-electron chi connectivity index (χ1n) is 13.3. The molecular weight excluding hydrogens is 562 g/mol. The van der Waals surface area contributed by atoms with Crippen molar-refractivity contribution in [3.05, 3.63) is 95.1 Å². The Bertz CT molecular complexity index is 1680. The number of para-hydroxylation sites is 3. The normalized spacial score (nSPS) is 14.6. The van der Waals surface area contributed by atoms with Crippen molar-refractivity contribution in [2.24, 2.45) is 7.05 Å². The van der Waals surface area contributed by atoms with Crippen LogP contribution in [0, 0.1) is 0 Å². The molecule has 1 atom stereocenters. The molecule has 1 aliphatic heterocycles. The van der Waals surface area contributed by atoms with Gasteiger partial charge in [0.05, 0.1) is 17.6 Å². The van der Waals surface area contributed by atoms with Crippen LogP contribution in [0.3, 0.4) is 0 Å². The molecule has 2 N–H and O–H groups in total. The third-order valence-electron chi connectivity index (χ3n) is 7.27. The van der Waals surface area contributed by atoms with Gasteiger partial charge in [-0.05, 0) is 42.0 Å². The van der Waals surface area contributed by atoms with Gasteiger partial charge in [0, 0.05) is 55.6 Å². The first kappa shape index (κ1) is 28.5. The van der Waals surface area contributed by atoms with Crippen LogP contribution < -0.4 is 14.9 Å². The molecule has 0 unspecified atom stereocenters. The zero-order valence-corrected chi connectivity index (χ0v) is 24.5. The van der Waals surface area contributed by atoms with E-state index in [0.717, 1.165) is 28.4 Å². The fourth-order valence-electron chi connectivity index (χ4n) is 5.22. The van der Waals surface area contributed by atoms with Crippen LogP contribution in [0.4, 0.5) is 11.4 Å². The maximum Gasteiger partial charge on any atom is 0.268 e. The largest absolute Gasteiger partial charge is 0.366 e. The molecular formula is C30H32ClN5O4S. The Kier molecular flexibility index (Phi) is 8.23. The number of halogens is 1. The Hall–Kier alpha value is -4.02. The fourth-order valence-corrected chi connectivity index (χ4v) is 5.92. The van der Waals surface area contributed by atoms with Gasteiger partial charge in [0.2, 0.25) is 15.9 Å². The molecule has 0 radical (unpaired) electrons. The lowest BCUT2D eigenvalue weighted by Crippen LogP contribution is -2.55. The van der Waals surface area contributed by atoms with E-state index in [-0.39, 0.29) is 11.8 Å². The summed E-state index contributed by atoms with van der Waals surface area (Å²) < 4.78 is 28.1. The Morgan fingerprint density at radius 1 is 0.927 bits per heavy atom. The Morgan fingerprint density at radius 2 is 1.59 bits per heavy atom. The maximum absolute atomic E-state index is 13.9. The van der Waals surface area contributed by atoms with Gasteiger partial charge in [-0.15, -0.1) is 0 Å². The van der Waals surface area contributed by atoms with Gasteiger partial charge in [-0.2, -0.15) is 0 Å². The first-order valence-corrected chi connectivity index (χ1v) is 15.6. The van der Waals surface area contributed by atoms with E-state index in [4.69, 9.17) is 11.6 Å². The number of carbonyl (C=O) groups excluding carboxylic acids is 2. The molecule has 1 saturated heterocycles. The average Bonchev–Trinajstić information content (AvgIpc) is 3.29. The van der Waals surface area contributed by atoms with Crippen LogP contribution >= 0.6 is 11.6 Å². The highest BCUT2D eigenvalue weighted by Crippen LogP contribution is 2.27. The summed E-state index contributed by atoms with van der Waals surface area (Å²) in [6, 6.07) is 23.2. The predicted molar refractivity (Wildman–Crippen MR) is 163 cm³/mol. The molecule has 214 valence electrons. The van der Waals surface area contributed by atoms with E-state index in [9.17, 15) is 18.0 Å². The minimum absolute atomic E-state index is 0.172. The summed E-state index contributed by atoms with van der Waals surface area (Å²) in [5, 5.41) is 4.54. The first-order chi connectivity index (χ1) is 19.6. The monoisotopic (exact) mass is 593 g/mol. The van der Waals surface area contributed by atoms with E-state index >= 15 is 0 Å². The van der Waals surface area contributed by atoms with Crippen LogP contribution in [0.5, 0.6) is 0 Å². The maximum atomic E-state index is 13.9. The number of aromatic nitrogens is 1. The lowest BCUT2D eigenvalue weighted by Gasteiger charge is -2.38. The summed E-state index contributed by atoms with van der Waals surface area (Å²) >= 11 is 6.07. The van der Waals surface area contributed by atoms with Crippen molar-refractivity contribution in [3.63, 3.8) is 0 Å². The number of rotatable bonds is 8. The molecule has 5 rings (SSSR count). The summed E-state index contributed by atoms with van der Waals surface area (Å²) in [5.41, 5.74) is 3.54. The molecule has 0 aliphatic carbocycles. The standard InChI is InChI=1S/C30H32ClN5O4S/c1-34-26-9-5-3-7-22(26)20-28(34)29(37)32-25(19-21-11-13-23(31)14-12-21)30(38)36-17-15-35(16-18-36)27-10-6-4-8-24(27)33-41(2,39)40/h3-14,20,25,33H,15-19H2,1-2H3,(H,32,37)/t25-/m1/s1. The summed E-state index contributed by atoms with van der Waals surface area (Å²) in [6.07, 6.45) is 1.43. The molecule has 1 aliphatic rings. The topological polar surface area (TPSA) is 104 Å². The van der Waals surface area contributed by atoms with Gasteiger partial charge in [0.25, 0.3) is 5.91 Å². The van der Waals surface area contributed by atoms with E-state index in [1.165, 1.54) is 0 Å². The minimum atomic E-state index is -3.44. The van der Waals surface area contributed by atoms with Gasteiger partial charge in [0.1, 0.15) is 11.7 Å². The van der Waals surface area contributed by atoms with Crippen LogP contribution in [0.25, 0.3) is 10.9 Å². The van der Waals surface area contributed by atoms with Crippen molar-refractivity contribution >= 4 is 55.7 Å². The van der Waals surface area contributed by atoms with Gasteiger partial charge >= 0.3 is 0 Å². The number of amides is 2. The number of nitrogens with zero attached hydrogens (tertiary/aromatic N) is 3. The van der Waals surface area contributed by atoms with Crippen LogP contribution in [0.1, 0.15) is 16.1 Å². The van der Waals surface area contributed by atoms with Crippen molar-refractivity contribution in [2.45, 2.75) is 12.5 Å². The molecule has 0 bridgehead atoms. The fraction of sp³-hybridized carbons (Fsp3) is 0.267. The number of benzene rings is 3. The highest BCUT2D eigenvalue weighted by Gasteiger charge is 2.30. The highest BCUT2D eigenvalue weighted by molar-refractivity contribution is 7.92. The molecule has 1 fully saturated rings. The number of nitrogens with one attached hydrogen (secondary N) is 2. The molecule has 2 heterocycles. The van der Waals surface area contributed by atoms with Gasteiger partial charge in [-0.3, -0.25) is 14.3 Å². The number of piperazine rings is 1. The predicted octanol–water partition coefficient (Wildman–Crippen LogP) is 3.89. The van der Waals surface area contributed by atoms with E-state index in [0.29, 0.717) is 49.0 Å². The minimum Gasteiger partial charge on any atom is -0.366 e. The molecule has 9 nitrogen and oxygen atoms in total. The second kappa shape index (κ2) is 11.8. The number of hydrogen-bond donors (Lipinski definition) is 2. The third-order valence-corrected chi connectivity index (χ3v) is 8.11. The van der Waals surface area contributed by atoms with Gasteiger partial charge in [0.15, 0.2) is 0 Å². The van der Waals surface area contributed by atoms with Crippen LogP contribution in [0.15, 0.2) is 78.9 Å². The van der Waals surface area contributed by atoms with Crippen molar-refractivity contribution in [1.82, 2.24) is 14.8 Å². The van der Waals surface area contributed by atoms with Crippen LogP contribution in [0.2, 0.25) is 5.02 Å². The molecule has 0 saturated carbocycles. The number of hydrogen-bond acceptors (Lipinski definition) is 5. The Labute approximate surface area is 244 Å². The van der Waals surface area contributed by atoms with Gasteiger partial charge < -0.3 is 19.7 Å². The lowest BCUT2D eigenvalue weighted by molar-refractivity contribution is -0.133. The summed E-state index contributed by atoms with van der Waals surface area (Å²) in [7, 11) is -1.61. The van der Waals surface area contributed by atoms with E-state index in [2.05, 4.69) is 14.9 Å². The zero-order chi connectivity index (χ0) is 29.1. The molecule has 11 heteroatoms. The van der Waals surface area contributed by atoms with E-state index < -0.39 is 16.1 Å². The Morgan fingerprint density at radius 3 is 2.27 bits per heavy atom. The van der Waals surface area contributed by atoms with E-state index in [1.807, 2.05) is 66.2 Å². The van der Waals surface area contributed by atoms with Gasteiger partial charge in [-0.25, -0.2) is 8.42 Å². The zero-order valence-electron chi connectivity index (χ0n) is 22.9. The van der Waals surface area contributed by atoms with Crippen molar-refractivity contribution < 1.29 is 18.0 Å². The number of sulfonamides is 1. The number of fused-ring (bicyclic) bond motifs is 1. The third kappa shape index (κ3) is 6.66. The summed E-state index contributed by atoms with van der Waals surface area (Å²) in [5.74, 6) is -0.496. The van der Waals surface area contributed by atoms with Gasteiger partial charge in [-0.1, -0.05) is 54.1 Å². The summed E-state index contributed by atoms with van der Waals surface area (Å²) in [6.45, 7) is 1.87. The van der Waals surface area contributed by atoms with Crippen LogP contribution in [-0.2, 0) is 28.3 Å². The van der Waals surface area contributed by atoms with Crippen molar-refractivity contribution in [2.75, 3.05) is 42.1 Å². The molecule has 2 amide bonds. The quantitative estimate of drug-likeness (QED) is 0.323. The number of aryl methyl sites for hydroxylation is 1. The van der Waals surface area contributed by atoms with Crippen molar-refractivity contribution in [3.8, 4) is 0 Å². The molecule has 4 aromatic rings. The molecule has 41 heavy (non-hydrogen) atoms. The average molecular weight is 594 g/mol. The molecule has 0 spiro atoms. The smallest absolute Gasteiger partial charge is 0.268 e. The highest BCUT2D eigenvalue weighted by atomic mass is 35.5. The van der Waals surface area contributed by atoms with E-state index in [1.54, 1.807) is 29.2 Å². The second-order valence-electron chi connectivity index (χ2n) is 10.2. The molecule has 3 aromatic carbocycles. The number of carbonyl (C=O) groups is 2. The number of anilines is 2. The lowest BCUT2D eigenvalue weighted by atomic mass is 10.0. The summed E-state index contributed by atoms with van der Waals surface area (Å²) in [4.78, 5) is 31.1. The van der Waals surface area contributed by atoms with Crippen molar-refractivity contribution in [1.29, 1.82) is 0 Å². The second-order valence-corrected chi connectivity index (χ2v) is 12.4. The van der Waals surface area contributed by atoms with Crippen LogP contribution in [-0.4, -0.2) is 68.2 Å². The Balaban J connectivity index is 1.33. The SMILES string of the molecule is Cn1c(C(=O)N[C@H](Cc2ccc(Cl)cc2)C(=O)N2CCN(c3ccccc3NS(C)(=O)=O)CC2)cc2ccccc21. The molecule has 1 aromatic heterocycles.